The number of nitrogens with one attached hydrogen (secondary N) is 1. The molecule has 0 radical (unpaired) electrons. The number of amides is 1. The van der Waals surface area contributed by atoms with Crippen molar-refractivity contribution < 1.29 is 14.3 Å². The normalized spacial score (nSPS) is 14.2. The number of hydrogen-bond donors (Lipinski definition) is 1. The summed E-state index contributed by atoms with van der Waals surface area (Å²) < 4.78 is 11.3. The number of piperidine rings is 1. The van der Waals surface area contributed by atoms with Gasteiger partial charge in [0, 0.05) is 42.5 Å². The molecule has 0 saturated carbocycles. The van der Waals surface area contributed by atoms with Gasteiger partial charge in [0.25, 0.3) is 5.88 Å². The van der Waals surface area contributed by atoms with Crippen molar-refractivity contribution >= 4 is 29.0 Å². The summed E-state index contributed by atoms with van der Waals surface area (Å²) in [7, 11) is 1.56. The summed E-state index contributed by atoms with van der Waals surface area (Å²) in [5, 5.41) is 3.61. The fourth-order valence-electron chi connectivity index (χ4n) is 3.73. The standard InChI is InChI=1S/C24H25ClN4O3/c1-16-14-20(21(31-2)15-19(16)25)28-23(30)17-8-12-29(13-9-17)22-24(27-11-10-26-22)32-18-6-4-3-5-7-18/h3-7,10-11,14-15,17H,8-9,12-13H2,1-2H3,(H,28,30). The van der Waals surface area contributed by atoms with Crippen LogP contribution in [0.1, 0.15) is 18.4 Å². The number of halogens is 1. The lowest BCUT2D eigenvalue weighted by Gasteiger charge is -2.32. The first kappa shape index (κ1) is 21.9. The van der Waals surface area contributed by atoms with E-state index in [1.807, 2.05) is 43.3 Å². The zero-order chi connectivity index (χ0) is 22.5. The van der Waals surface area contributed by atoms with E-state index in [-0.39, 0.29) is 11.8 Å². The smallest absolute Gasteiger partial charge is 0.263 e. The minimum absolute atomic E-state index is 0.0235. The van der Waals surface area contributed by atoms with Crippen molar-refractivity contribution in [1.82, 2.24) is 9.97 Å². The first-order chi connectivity index (χ1) is 15.5. The van der Waals surface area contributed by atoms with Gasteiger partial charge in [-0.1, -0.05) is 29.8 Å². The maximum Gasteiger partial charge on any atom is 0.263 e. The third-order valence-electron chi connectivity index (χ3n) is 5.51. The predicted octanol–water partition coefficient (Wildman–Crippen LogP) is 5.09. The monoisotopic (exact) mass is 452 g/mol. The molecular weight excluding hydrogens is 428 g/mol. The number of benzene rings is 2. The number of carbonyl (C=O) groups is 1. The van der Waals surface area contributed by atoms with Crippen molar-refractivity contribution in [2.45, 2.75) is 19.8 Å². The molecular formula is C24H25ClN4O3. The Hall–Kier alpha value is -3.32. The zero-order valence-corrected chi connectivity index (χ0v) is 18.8. The molecule has 1 aromatic heterocycles. The molecule has 3 aromatic rings. The van der Waals surface area contributed by atoms with Crippen LogP contribution < -0.4 is 19.7 Å². The van der Waals surface area contributed by atoms with Crippen molar-refractivity contribution in [3.63, 3.8) is 0 Å². The molecule has 8 heteroatoms. The molecule has 1 amide bonds. The van der Waals surface area contributed by atoms with Gasteiger partial charge in [-0.3, -0.25) is 4.79 Å². The highest BCUT2D eigenvalue weighted by Gasteiger charge is 2.28. The van der Waals surface area contributed by atoms with Gasteiger partial charge in [0.1, 0.15) is 11.5 Å². The first-order valence-corrected chi connectivity index (χ1v) is 10.9. The molecule has 1 aliphatic rings. The third-order valence-corrected chi connectivity index (χ3v) is 5.92. The number of rotatable bonds is 6. The Morgan fingerprint density at radius 1 is 1.12 bits per heavy atom. The highest BCUT2D eigenvalue weighted by Crippen LogP contribution is 2.33. The Balaban J connectivity index is 1.41. The molecule has 2 aromatic carbocycles. The fourth-order valence-corrected chi connectivity index (χ4v) is 3.88. The Bertz CT molecular complexity index is 1090. The maximum absolute atomic E-state index is 12.9. The van der Waals surface area contributed by atoms with Crippen LogP contribution in [0, 0.1) is 12.8 Å². The Labute approximate surface area is 192 Å². The van der Waals surface area contributed by atoms with Gasteiger partial charge in [0.05, 0.1) is 12.8 Å². The van der Waals surface area contributed by atoms with Gasteiger partial charge in [0.2, 0.25) is 5.91 Å². The van der Waals surface area contributed by atoms with Gasteiger partial charge in [-0.05, 0) is 43.5 Å². The first-order valence-electron chi connectivity index (χ1n) is 10.5. The maximum atomic E-state index is 12.9. The van der Waals surface area contributed by atoms with Crippen LogP contribution in [0.2, 0.25) is 5.02 Å². The molecule has 0 aliphatic carbocycles. The van der Waals surface area contributed by atoms with Crippen molar-refractivity contribution in [1.29, 1.82) is 0 Å². The van der Waals surface area contributed by atoms with E-state index in [2.05, 4.69) is 20.2 Å². The van der Waals surface area contributed by atoms with Crippen molar-refractivity contribution in [2.75, 3.05) is 30.4 Å². The van der Waals surface area contributed by atoms with Crippen LogP contribution in [-0.2, 0) is 4.79 Å². The van der Waals surface area contributed by atoms with Crippen LogP contribution in [0.3, 0.4) is 0 Å². The molecule has 2 heterocycles. The average Bonchev–Trinajstić information content (AvgIpc) is 2.82. The van der Waals surface area contributed by atoms with E-state index in [1.54, 1.807) is 25.6 Å². The number of anilines is 2. The van der Waals surface area contributed by atoms with E-state index < -0.39 is 0 Å². The van der Waals surface area contributed by atoms with E-state index in [9.17, 15) is 4.79 Å². The number of hydrogen-bond acceptors (Lipinski definition) is 6. The number of nitrogens with zero attached hydrogens (tertiary/aromatic N) is 3. The predicted molar refractivity (Wildman–Crippen MR) is 125 cm³/mol. The van der Waals surface area contributed by atoms with Crippen LogP contribution in [0.15, 0.2) is 54.9 Å². The van der Waals surface area contributed by atoms with Gasteiger partial charge in [-0.15, -0.1) is 0 Å². The molecule has 1 fully saturated rings. The molecule has 32 heavy (non-hydrogen) atoms. The summed E-state index contributed by atoms with van der Waals surface area (Å²) >= 11 is 6.17. The molecule has 0 bridgehead atoms. The topological polar surface area (TPSA) is 76.6 Å². The minimum atomic E-state index is -0.109. The fraction of sp³-hybridized carbons (Fsp3) is 0.292. The molecule has 0 unspecified atom stereocenters. The van der Waals surface area contributed by atoms with Crippen LogP contribution in [0.25, 0.3) is 0 Å². The molecule has 1 N–H and O–H groups in total. The van der Waals surface area contributed by atoms with Gasteiger partial charge in [-0.2, -0.15) is 0 Å². The second kappa shape index (κ2) is 9.87. The summed E-state index contributed by atoms with van der Waals surface area (Å²) in [6.07, 6.45) is 4.66. The molecule has 7 nitrogen and oxygen atoms in total. The van der Waals surface area contributed by atoms with Crippen LogP contribution >= 0.6 is 11.6 Å². The van der Waals surface area contributed by atoms with E-state index in [0.717, 1.165) is 5.56 Å². The highest BCUT2D eigenvalue weighted by molar-refractivity contribution is 6.31. The Kier molecular flexibility index (Phi) is 6.75. The van der Waals surface area contributed by atoms with Gasteiger partial charge in [-0.25, -0.2) is 9.97 Å². The second-order valence-electron chi connectivity index (χ2n) is 7.65. The van der Waals surface area contributed by atoms with Crippen molar-refractivity contribution in [3.8, 4) is 17.4 Å². The number of ether oxygens (including phenoxy) is 2. The molecule has 0 atom stereocenters. The van der Waals surface area contributed by atoms with Crippen molar-refractivity contribution in [2.24, 2.45) is 5.92 Å². The highest BCUT2D eigenvalue weighted by atomic mass is 35.5. The Morgan fingerprint density at radius 2 is 1.84 bits per heavy atom. The summed E-state index contributed by atoms with van der Waals surface area (Å²) in [6, 6.07) is 13.1. The quantitative estimate of drug-likeness (QED) is 0.561. The second-order valence-corrected chi connectivity index (χ2v) is 8.06. The lowest BCUT2D eigenvalue weighted by Crippen LogP contribution is -2.38. The van der Waals surface area contributed by atoms with E-state index in [0.29, 0.717) is 59.8 Å². The van der Waals surface area contributed by atoms with Gasteiger partial charge in [0.15, 0.2) is 5.82 Å². The Morgan fingerprint density at radius 3 is 2.56 bits per heavy atom. The van der Waals surface area contributed by atoms with E-state index >= 15 is 0 Å². The summed E-state index contributed by atoms with van der Waals surface area (Å²) in [5.41, 5.74) is 1.51. The third kappa shape index (κ3) is 4.94. The number of carbonyl (C=O) groups excluding carboxylic acids is 1. The van der Waals surface area contributed by atoms with Gasteiger partial charge >= 0.3 is 0 Å². The molecule has 166 valence electrons. The van der Waals surface area contributed by atoms with E-state index in [1.165, 1.54) is 0 Å². The van der Waals surface area contributed by atoms with E-state index in [4.69, 9.17) is 21.1 Å². The number of aromatic nitrogens is 2. The summed E-state index contributed by atoms with van der Waals surface area (Å²) in [5.74, 6) is 2.27. The van der Waals surface area contributed by atoms with Crippen molar-refractivity contribution in [3.05, 3.63) is 65.4 Å². The molecule has 0 spiro atoms. The van der Waals surface area contributed by atoms with Crippen LogP contribution in [0.5, 0.6) is 17.4 Å². The largest absolute Gasteiger partial charge is 0.495 e. The number of methoxy groups -OCH3 is 1. The summed E-state index contributed by atoms with van der Waals surface area (Å²) in [4.78, 5) is 23.9. The lowest BCUT2D eigenvalue weighted by atomic mass is 9.95. The zero-order valence-electron chi connectivity index (χ0n) is 18.0. The average molecular weight is 453 g/mol. The van der Waals surface area contributed by atoms with Gasteiger partial charge < -0.3 is 19.7 Å². The number of aryl methyl sites for hydroxylation is 1. The molecule has 1 aliphatic heterocycles. The molecule has 1 saturated heterocycles. The lowest BCUT2D eigenvalue weighted by molar-refractivity contribution is -0.120. The summed E-state index contributed by atoms with van der Waals surface area (Å²) in [6.45, 7) is 3.25. The minimum Gasteiger partial charge on any atom is -0.495 e. The SMILES string of the molecule is COc1cc(Cl)c(C)cc1NC(=O)C1CCN(c2nccnc2Oc2ccccc2)CC1. The number of para-hydroxylation sites is 1. The van der Waals surface area contributed by atoms with Crippen LogP contribution in [0.4, 0.5) is 11.5 Å². The van der Waals surface area contributed by atoms with Crippen LogP contribution in [-0.4, -0.2) is 36.1 Å². The molecule has 4 rings (SSSR count).